The third-order valence-corrected chi connectivity index (χ3v) is 6.23. The lowest BCUT2D eigenvalue weighted by Crippen LogP contribution is -2.47. The number of benzene rings is 1. The fraction of sp³-hybridized carbons (Fsp3) is 0.261. The number of likely N-dealkylation sites (tertiary alicyclic amines) is 1. The average Bonchev–Trinajstić information content (AvgIpc) is 3.33. The molecule has 1 aromatic carbocycles. The minimum absolute atomic E-state index is 0.0492. The molecule has 1 fully saturated rings. The van der Waals surface area contributed by atoms with Gasteiger partial charge in [-0.1, -0.05) is 18.2 Å². The largest absolute Gasteiger partial charge is 0.348 e. The van der Waals surface area contributed by atoms with E-state index in [0.717, 1.165) is 4.88 Å². The molecule has 2 N–H and O–H groups in total. The number of nitrogens with one attached hydrogen (secondary N) is 2. The number of hydrogen-bond acceptors (Lipinski definition) is 6. The van der Waals surface area contributed by atoms with Gasteiger partial charge in [-0.3, -0.25) is 14.4 Å². The second-order valence-electron chi connectivity index (χ2n) is 7.57. The predicted molar refractivity (Wildman–Crippen MR) is 121 cm³/mol. The number of halogens is 1. The summed E-state index contributed by atoms with van der Waals surface area (Å²) >= 11 is 1.56. The lowest BCUT2D eigenvalue weighted by Gasteiger charge is -2.32. The van der Waals surface area contributed by atoms with Crippen LogP contribution in [-0.4, -0.2) is 51.7 Å². The topological polar surface area (TPSA) is 104 Å². The van der Waals surface area contributed by atoms with Crippen LogP contribution in [0.25, 0.3) is 0 Å². The van der Waals surface area contributed by atoms with Crippen molar-refractivity contribution in [1.82, 2.24) is 20.2 Å². The summed E-state index contributed by atoms with van der Waals surface area (Å²) in [5.74, 6) is -1.86. The number of carbonyl (C=O) groups excluding carboxylic acids is 3. The van der Waals surface area contributed by atoms with Gasteiger partial charge in [-0.25, -0.2) is 14.4 Å². The summed E-state index contributed by atoms with van der Waals surface area (Å²) in [6.45, 7) is 1.10. The van der Waals surface area contributed by atoms with Crippen LogP contribution in [0.1, 0.15) is 38.6 Å². The molecule has 3 aromatic rings. The average molecular weight is 468 g/mol. The van der Waals surface area contributed by atoms with E-state index in [1.807, 2.05) is 22.4 Å². The molecule has 4 rings (SSSR count). The SMILES string of the molecule is O=C(Nc1nccnc1C(=O)NC1CCN(C(=O)Cc2cccs2)CC1)c1ccccc1F. The number of thiophene rings is 1. The summed E-state index contributed by atoms with van der Waals surface area (Å²) in [5.41, 5.74) is -0.215. The fourth-order valence-electron chi connectivity index (χ4n) is 3.62. The zero-order valence-corrected chi connectivity index (χ0v) is 18.5. The zero-order chi connectivity index (χ0) is 23.2. The third-order valence-electron chi connectivity index (χ3n) is 5.35. The van der Waals surface area contributed by atoms with Crippen molar-refractivity contribution in [3.63, 3.8) is 0 Å². The van der Waals surface area contributed by atoms with Crippen LogP contribution in [0.15, 0.2) is 54.2 Å². The Kier molecular flexibility index (Phi) is 7.04. The van der Waals surface area contributed by atoms with Crippen LogP contribution in [0.3, 0.4) is 0 Å². The smallest absolute Gasteiger partial charge is 0.273 e. The number of hydrogen-bond donors (Lipinski definition) is 2. The van der Waals surface area contributed by atoms with E-state index in [4.69, 9.17) is 0 Å². The normalized spacial score (nSPS) is 14.0. The van der Waals surface area contributed by atoms with E-state index in [1.54, 1.807) is 17.4 Å². The monoisotopic (exact) mass is 467 g/mol. The molecule has 0 saturated carbocycles. The summed E-state index contributed by atoms with van der Waals surface area (Å²) < 4.78 is 13.9. The molecule has 8 nitrogen and oxygen atoms in total. The van der Waals surface area contributed by atoms with Gasteiger partial charge in [-0.2, -0.15) is 0 Å². The molecule has 33 heavy (non-hydrogen) atoms. The second kappa shape index (κ2) is 10.3. The molecule has 3 heterocycles. The second-order valence-corrected chi connectivity index (χ2v) is 8.60. The van der Waals surface area contributed by atoms with E-state index >= 15 is 0 Å². The van der Waals surface area contributed by atoms with Gasteiger partial charge in [0, 0.05) is 36.4 Å². The van der Waals surface area contributed by atoms with Crippen LogP contribution < -0.4 is 10.6 Å². The Bertz CT molecular complexity index is 1150. The van der Waals surface area contributed by atoms with Crippen molar-refractivity contribution in [1.29, 1.82) is 0 Å². The van der Waals surface area contributed by atoms with E-state index in [0.29, 0.717) is 32.4 Å². The van der Waals surface area contributed by atoms with E-state index in [2.05, 4.69) is 20.6 Å². The first-order chi connectivity index (χ1) is 16.0. The number of anilines is 1. The van der Waals surface area contributed by atoms with Gasteiger partial charge in [0.15, 0.2) is 11.5 Å². The highest BCUT2D eigenvalue weighted by Gasteiger charge is 2.26. The number of rotatable bonds is 6. The summed E-state index contributed by atoms with van der Waals surface area (Å²) in [6, 6.07) is 9.27. The Morgan fingerprint density at radius 2 is 1.79 bits per heavy atom. The predicted octanol–water partition coefficient (Wildman–Crippen LogP) is 2.89. The van der Waals surface area contributed by atoms with Crippen molar-refractivity contribution in [2.75, 3.05) is 18.4 Å². The van der Waals surface area contributed by atoms with Crippen molar-refractivity contribution in [2.45, 2.75) is 25.3 Å². The Hall–Kier alpha value is -3.66. The van der Waals surface area contributed by atoms with Crippen LogP contribution >= 0.6 is 11.3 Å². The lowest BCUT2D eigenvalue weighted by molar-refractivity contribution is -0.131. The number of carbonyl (C=O) groups is 3. The highest BCUT2D eigenvalue weighted by atomic mass is 32.1. The first-order valence-electron chi connectivity index (χ1n) is 10.5. The van der Waals surface area contributed by atoms with E-state index in [1.165, 1.54) is 30.6 Å². The van der Waals surface area contributed by atoms with Crippen LogP contribution in [0, 0.1) is 5.82 Å². The van der Waals surface area contributed by atoms with Gasteiger partial charge in [0.2, 0.25) is 5.91 Å². The standard InChI is InChI=1S/C23H22FN5O3S/c24-18-6-2-1-5-17(18)22(31)28-21-20(25-9-10-26-21)23(32)27-15-7-11-29(12-8-15)19(30)14-16-4-3-13-33-16/h1-6,9-10,13,15H,7-8,11-12,14H2,(H,27,32)(H,26,28,31). The molecule has 0 atom stereocenters. The summed E-state index contributed by atoms with van der Waals surface area (Å²) in [4.78, 5) is 48.6. The van der Waals surface area contributed by atoms with Crippen molar-refractivity contribution >= 4 is 34.9 Å². The van der Waals surface area contributed by atoms with Crippen LogP contribution in [0.4, 0.5) is 10.2 Å². The summed E-state index contributed by atoms with van der Waals surface area (Å²) in [7, 11) is 0. The maximum atomic E-state index is 13.9. The molecule has 3 amide bonds. The maximum Gasteiger partial charge on any atom is 0.273 e. The van der Waals surface area contributed by atoms with Crippen LogP contribution in [0.5, 0.6) is 0 Å². The molecule has 170 valence electrons. The molecular formula is C23H22FN5O3S. The number of nitrogens with zero attached hydrogens (tertiary/aromatic N) is 3. The first kappa shape index (κ1) is 22.5. The fourth-order valence-corrected chi connectivity index (χ4v) is 4.31. The molecule has 0 bridgehead atoms. The molecule has 1 saturated heterocycles. The molecule has 0 radical (unpaired) electrons. The van der Waals surface area contributed by atoms with Crippen molar-refractivity contribution in [3.05, 3.63) is 76.1 Å². The van der Waals surface area contributed by atoms with Crippen molar-refractivity contribution in [2.24, 2.45) is 0 Å². The zero-order valence-electron chi connectivity index (χ0n) is 17.7. The number of amides is 3. The van der Waals surface area contributed by atoms with Gasteiger partial charge in [0.25, 0.3) is 11.8 Å². The highest BCUT2D eigenvalue weighted by Crippen LogP contribution is 2.17. The lowest BCUT2D eigenvalue weighted by atomic mass is 10.0. The maximum absolute atomic E-state index is 13.9. The molecule has 10 heteroatoms. The van der Waals surface area contributed by atoms with Gasteiger partial charge in [0.1, 0.15) is 5.82 Å². The summed E-state index contributed by atoms with van der Waals surface area (Å²) in [6.07, 6.45) is 4.29. The Morgan fingerprint density at radius 3 is 2.52 bits per heavy atom. The first-order valence-corrected chi connectivity index (χ1v) is 11.4. The van der Waals surface area contributed by atoms with Gasteiger partial charge >= 0.3 is 0 Å². The Morgan fingerprint density at radius 1 is 1.03 bits per heavy atom. The molecular weight excluding hydrogens is 445 g/mol. The van der Waals surface area contributed by atoms with Crippen LogP contribution in [-0.2, 0) is 11.2 Å². The van der Waals surface area contributed by atoms with Gasteiger partial charge in [-0.15, -0.1) is 11.3 Å². The van der Waals surface area contributed by atoms with Crippen molar-refractivity contribution < 1.29 is 18.8 Å². The summed E-state index contributed by atoms with van der Waals surface area (Å²) in [5, 5.41) is 7.31. The van der Waals surface area contributed by atoms with Crippen molar-refractivity contribution in [3.8, 4) is 0 Å². The Balaban J connectivity index is 1.34. The molecule has 2 aromatic heterocycles. The molecule has 0 unspecified atom stereocenters. The van der Waals surface area contributed by atoms with Crippen LogP contribution in [0.2, 0.25) is 0 Å². The number of aromatic nitrogens is 2. The molecule has 0 spiro atoms. The highest BCUT2D eigenvalue weighted by molar-refractivity contribution is 7.10. The minimum Gasteiger partial charge on any atom is -0.348 e. The van der Waals surface area contributed by atoms with E-state index < -0.39 is 17.6 Å². The number of piperidine rings is 1. The van der Waals surface area contributed by atoms with E-state index in [9.17, 15) is 18.8 Å². The van der Waals surface area contributed by atoms with Gasteiger partial charge in [-0.05, 0) is 36.4 Å². The third kappa shape index (κ3) is 5.58. The quantitative estimate of drug-likeness (QED) is 0.580. The molecule has 1 aliphatic rings. The van der Waals surface area contributed by atoms with E-state index in [-0.39, 0.29) is 29.0 Å². The molecule has 0 aliphatic carbocycles. The minimum atomic E-state index is -0.722. The van der Waals surface area contributed by atoms with Gasteiger partial charge < -0.3 is 15.5 Å². The van der Waals surface area contributed by atoms with Gasteiger partial charge in [0.05, 0.1) is 12.0 Å². The Labute approximate surface area is 193 Å². The molecule has 1 aliphatic heterocycles.